The molecule has 0 amide bonds. The van der Waals surface area contributed by atoms with Gasteiger partial charge < -0.3 is 9.47 Å². The summed E-state index contributed by atoms with van der Waals surface area (Å²) in [7, 11) is 0. The first-order valence-corrected chi connectivity index (χ1v) is 8.08. The molecule has 4 nitrogen and oxygen atoms in total. The number of aryl methyl sites for hydroxylation is 1. The highest BCUT2D eigenvalue weighted by Crippen LogP contribution is 2.10. The minimum absolute atomic E-state index is 0.00559. The molecule has 1 aliphatic heterocycles. The van der Waals surface area contributed by atoms with E-state index in [1.165, 1.54) is 0 Å². The Morgan fingerprint density at radius 3 is 3.00 bits per heavy atom. The van der Waals surface area contributed by atoms with E-state index in [-0.39, 0.29) is 12.1 Å². The molecule has 1 unspecified atom stereocenters. The first kappa shape index (κ1) is 17.0. The lowest BCUT2D eigenvalue weighted by Gasteiger charge is -2.33. The van der Waals surface area contributed by atoms with Gasteiger partial charge in [0.15, 0.2) is 0 Å². The van der Waals surface area contributed by atoms with Crippen LogP contribution in [0, 0.1) is 12.8 Å². The van der Waals surface area contributed by atoms with E-state index in [1.807, 2.05) is 31.2 Å². The van der Waals surface area contributed by atoms with Gasteiger partial charge in [-0.15, -0.1) is 0 Å². The molecule has 0 saturated carbocycles. The zero-order chi connectivity index (χ0) is 15.9. The highest BCUT2D eigenvalue weighted by Gasteiger charge is 2.22. The molecule has 4 heteroatoms. The third-order valence-electron chi connectivity index (χ3n) is 3.71. The summed E-state index contributed by atoms with van der Waals surface area (Å²) in [4.78, 5) is 14.3. The van der Waals surface area contributed by atoms with Gasteiger partial charge in [0.05, 0.1) is 13.0 Å². The van der Waals surface area contributed by atoms with E-state index in [1.54, 1.807) is 0 Å². The lowest BCUT2D eigenvalue weighted by atomic mass is 10.1. The van der Waals surface area contributed by atoms with Crippen LogP contribution in [0.5, 0.6) is 0 Å². The van der Waals surface area contributed by atoms with E-state index in [9.17, 15) is 4.79 Å². The summed E-state index contributed by atoms with van der Waals surface area (Å²) in [5.74, 6) is 0.456. The predicted molar refractivity (Wildman–Crippen MR) is 86.9 cm³/mol. The zero-order valence-corrected chi connectivity index (χ0v) is 13.9. The van der Waals surface area contributed by atoms with Gasteiger partial charge in [-0.2, -0.15) is 0 Å². The Hall–Kier alpha value is -1.39. The number of benzene rings is 1. The maximum Gasteiger partial charge on any atom is 0.310 e. The van der Waals surface area contributed by atoms with Crippen LogP contribution in [0.3, 0.4) is 0 Å². The van der Waals surface area contributed by atoms with E-state index >= 15 is 0 Å². The van der Waals surface area contributed by atoms with Crippen molar-refractivity contribution >= 4 is 5.97 Å². The molecule has 1 heterocycles. The van der Waals surface area contributed by atoms with Crippen molar-refractivity contribution < 1.29 is 14.3 Å². The maximum atomic E-state index is 11.9. The molecule has 1 fully saturated rings. The highest BCUT2D eigenvalue weighted by atomic mass is 16.6. The minimum atomic E-state index is -0.185. The van der Waals surface area contributed by atoms with Gasteiger partial charge in [0.25, 0.3) is 0 Å². The molecule has 0 radical (unpaired) electrons. The molecule has 1 atom stereocenters. The summed E-state index contributed by atoms with van der Waals surface area (Å²) in [5, 5.41) is 0. The van der Waals surface area contributed by atoms with Crippen LogP contribution in [-0.2, 0) is 20.7 Å². The molecule has 1 saturated heterocycles. The molecule has 1 aromatic rings. The third kappa shape index (κ3) is 5.78. The third-order valence-corrected chi connectivity index (χ3v) is 3.71. The molecule has 1 aliphatic rings. The Bertz CT molecular complexity index is 487. The Kier molecular flexibility index (Phi) is 6.40. The minimum Gasteiger partial charge on any atom is -0.463 e. The van der Waals surface area contributed by atoms with Crippen molar-refractivity contribution in [2.45, 2.75) is 33.3 Å². The van der Waals surface area contributed by atoms with Gasteiger partial charge in [0.1, 0.15) is 12.7 Å². The van der Waals surface area contributed by atoms with Gasteiger partial charge >= 0.3 is 5.97 Å². The first-order valence-electron chi connectivity index (χ1n) is 8.08. The van der Waals surface area contributed by atoms with E-state index in [0.717, 1.165) is 30.8 Å². The number of ether oxygens (including phenoxy) is 2. The highest BCUT2D eigenvalue weighted by molar-refractivity contribution is 5.72. The quantitative estimate of drug-likeness (QED) is 0.757. The number of carbonyl (C=O) groups is 1. The average Bonchev–Trinajstić information content (AvgIpc) is 2.45. The van der Waals surface area contributed by atoms with Gasteiger partial charge in [0, 0.05) is 19.6 Å². The zero-order valence-electron chi connectivity index (χ0n) is 13.9. The van der Waals surface area contributed by atoms with E-state index in [4.69, 9.17) is 9.47 Å². The van der Waals surface area contributed by atoms with Crippen LogP contribution in [0.25, 0.3) is 0 Å². The van der Waals surface area contributed by atoms with Crippen molar-refractivity contribution in [3.8, 4) is 0 Å². The molecular formula is C18H27NO3. The fourth-order valence-electron chi connectivity index (χ4n) is 2.79. The topological polar surface area (TPSA) is 38.8 Å². The number of carbonyl (C=O) groups excluding carboxylic acids is 1. The second kappa shape index (κ2) is 8.30. The summed E-state index contributed by atoms with van der Waals surface area (Å²) >= 11 is 0. The fraction of sp³-hybridized carbons (Fsp3) is 0.611. The Balaban J connectivity index is 1.73. The fourth-order valence-corrected chi connectivity index (χ4v) is 2.79. The number of rotatable bonds is 6. The van der Waals surface area contributed by atoms with Crippen LogP contribution in [0.2, 0.25) is 0 Å². The SMILES string of the molecule is Cc1cccc(CC(=O)OCC2CN(CC(C)C)CCO2)c1. The van der Waals surface area contributed by atoms with Crippen molar-refractivity contribution in [2.75, 3.05) is 32.8 Å². The Morgan fingerprint density at radius 2 is 2.27 bits per heavy atom. The normalized spacial score (nSPS) is 19.4. The van der Waals surface area contributed by atoms with Crippen LogP contribution in [0.1, 0.15) is 25.0 Å². The van der Waals surface area contributed by atoms with E-state index in [2.05, 4.69) is 18.7 Å². The smallest absolute Gasteiger partial charge is 0.310 e. The van der Waals surface area contributed by atoms with Gasteiger partial charge in [-0.05, 0) is 18.4 Å². The first-order chi connectivity index (χ1) is 10.5. The monoisotopic (exact) mass is 305 g/mol. The van der Waals surface area contributed by atoms with Crippen LogP contribution >= 0.6 is 0 Å². The summed E-state index contributed by atoms with van der Waals surface area (Å²) in [6.45, 7) is 10.4. The van der Waals surface area contributed by atoms with Crippen molar-refractivity contribution in [3.05, 3.63) is 35.4 Å². The van der Waals surface area contributed by atoms with Crippen molar-refractivity contribution in [1.29, 1.82) is 0 Å². The standard InChI is InChI=1S/C18H27NO3/c1-14(2)11-19-7-8-21-17(12-19)13-22-18(20)10-16-6-4-5-15(3)9-16/h4-6,9,14,17H,7-8,10-13H2,1-3H3. The molecule has 2 rings (SSSR count). The van der Waals surface area contributed by atoms with Crippen LogP contribution in [-0.4, -0.2) is 49.8 Å². The van der Waals surface area contributed by atoms with Crippen molar-refractivity contribution in [3.63, 3.8) is 0 Å². The summed E-state index contributed by atoms with van der Waals surface area (Å²) in [6, 6.07) is 7.96. The van der Waals surface area contributed by atoms with Gasteiger partial charge in [-0.25, -0.2) is 0 Å². The number of hydrogen-bond donors (Lipinski definition) is 0. The number of hydrogen-bond acceptors (Lipinski definition) is 4. The molecule has 0 N–H and O–H groups in total. The molecule has 0 aliphatic carbocycles. The van der Waals surface area contributed by atoms with Gasteiger partial charge in [-0.3, -0.25) is 9.69 Å². The van der Waals surface area contributed by atoms with Crippen molar-refractivity contribution in [1.82, 2.24) is 4.90 Å². The largest absolute Gasteiger partial charge is 0.463 e. The number of morpholine rings is 1. The lowest BCUT2D eigenvalue weighted by molar-refractivity contribution is -0.149. The maximum absolute atomic E-state index is 11.9. The van der Waals surface area contributed by atoms with E-state index in [0.29, 0.717) is 25.6 Å². The molecule has 0 aromatic heterocycles. The van der Waals surface area contributed by atoms with E-state index < -0.39 is 0 Å². The molecule has 0 spiro atoms. The number of esters is 1. The van der Waals surface area contributed by atoms with Crippen molar-refractivity contribution in [2.24, 2.45) is 5.92 Å². The second-order valence-electron chi connectivity index (χ2n) is 6.50. The predicted octanol–water partition coefficient (Wildman–Crippen LogP) is 2.44. The summed E-state index contributed by atoms with van der Waals surface area (Å²) in [5.41, 5.74) is 2.15. The van der Waals surface area contributed by atoms with Gasteiger partial charge in [-0.1, -0.05) is 43.7 Å². The lowest BCUT2D eigenvalue weighted by Crippen LogP contribution is -2.45. The average molecular weight is 305 g/mol. The summed E-state index contributed by atoms with van der Waals surface area (Å²) in [6.07, 6.45) is 0.318. The molecular weight excluding hydrogens is 278 g/mol. The summed E-state index contributed by atoms with van der Waals surface area (Å²) < 4.78 is 11.1. The molecule has 1 aromatic carbocycles. The molecule has 22 heavy (non-hydrogen) atoms. The van der Waals surface area contributed by atoms with Gasteiger partial charge in [0.2, 0.25) is 0 Å². The number of nitrogens with zero attached hydrogens (tertiary/aromatic N) is 1. The second-order valence-corrected chi connectivity index (χ2v) is 6.50. The van der Waals surface area contributed by atoms with Crippen LogP contribution in [0.15, 0.2) is 24.3 Å². The Labute approximate surface area is 133 Å². The Morgan fingerprint density at radius 1 is 1.45 bits per heavy atom. The van der Waals surface area contributed by atoms with Crippen LogP contribution in [0.4, 0.5) is 0 Å². The van der Waals surface area contributed by atoms with Crippen LogP contribution < -0.4 is 0 Å². The molecule has 0 bridgehead atoms. The molecule has 122 valence electrons.